The van der Waals surface area contributed by atoms with Gasteiger partial charge in [0.25, 0.3) is 5.69 Å². The molecule has 1 amide bonds. The number of hydrogen-bond acceptors (Lipinski definition) is 5. The molecule has 0 aliphatic rings. The zero-order chi connectivity index (χ0) is 23.4. The van der Waals surface area contributed by atoms with Gasteiger partial charge in [-0.1, -0.05) is 83.1 Å². The van der Waals surface area contributed by atoms with Crippen LogP contribution < -0.4 is 5.32 Å². The SMILES string of the molecule is Cc1ccc(-c2nc(NC(=O)C=Cc3cccc([N+](=O)[O-])c3)sc2-c2ccc(C)cc2)cc1. The quantitative estimate of drug-likeness (QED) is 0.200. The lowest BCUT2D eigenvalue weighted by molar-refractivity contribution is -0.384. The molecule has 0 fully saturated rings. The Morgan fingerprint density at radius 1 is 0.970 bits per heavy atom. The first kappa shape index (κ1) is 22.1. The van der Waals surface area contributed by atoms with Crippen LogP contribution in [0.3, 0.4) is 0 Å². The van der Waals surface area contributed by atoms with Crippen molar-refractivity contribution in [3.8, 4) is 21.7 Å². The van der Waals surface area contributed by atoms with E-state index < -0.39 is 4.92 Å². The van der Waals surface area contributed by atoms with E-state index in [0.717, 1.165) is 27.3 Å². The van der Waals surface area contributed by atoms with Crippen molar-refractivity contribution in [2.45, 2.75) is 13.8 Å². The Labute approximate surface area is 195 Å². The van der Waals surface area contributed by atoms with Gasteiger partial charge in [-0.2, -0.15) is 0 Å². The minimum absolute atomic E-state index is 0.0250. The van der Waals surface area contributed by atoms with E-state index in [1.54, 1.807) is 12.1 Å². The normalized spacial score (nSPS) is 11.0. The third-order valence-corrected chi connectivity index (χ3v) is 6.02. The Hall–Kier alpha value is -4.10. The largest absolute Gasteiger partial charge is 0.298 e. The van der Waals surface area contributed by atoms with Gasteiger partial charge in [0, 0.05) is 23.8 Å². The van der Waals surface area contributed by atoms with Crippen LogP contribution in [0.5, 0.6) is 0 Å². The summed E-state index contributed by atoms with van der Waals surface area (Å²) in [7, 11) is 0. The second-order valence-electron chi connectivity index (χ2n) is 7.60. The summed E-state index contributed by atoms with van der Waals surface area (Å²) >= 11 is 1.41. The maximum absolute atomic E-state index is 12.5. The zero-order valence-corrected chi connectivity index (χ0v) is 18.9. The van der Waals surface area contributed by atoms with E-state index in [4.69, 9.17) is 4.98 Å². The molecule has 6 nitrogen and oxygen atoms in total. The highest BCUT2D eigenvalue weighted by Crippen LogP contribution is 2.39. The predicted octanol–water partition coefficient (Wildman–Crippen LogP) is 6.65. The number of hydrogen-bond donors (Lipinski definition) is 1. The fourth-order valence-corrected chi connectivity index (χ4v) is 4.24. The number of nitrogens with one attached hydrogen (secondary N) is 1. The predicted molar refractivity (Wildman–Crippen MR) is 133 cm³/mol. The Balaban J connectivity index is 1.61. The smallest absolute Gasteiger partial charge is 0.270 e. The highest BCUT2D eigenvalue weighted by molar-refractivity contribution is 7.19. The molecule has 4 rings (SSSR count). The summed E-state index contributed by atoms with van der Waals surface area (Å²) in [6.45, 7) is 4.07. The van der Waals surface area contributed by atoms with E-state index in [0.29, 0.717) is 10.7 Å². The van der Waals surface area contributed by atoms with Crippen molar-refractivity contribution in [1.29, 1.82) is 0 Å². The molecule has 0 saturated carbocycles. The van der Waals surface area contributed by atoms with Crippen LogP contribution in [0.15, 0.2) is 78.9 Å². The van der Waals surface area contributed by atoms with Gasteiger partial charge in [0.2, 0.25) is 5.91 Å². The van der Waals surface area contributed by atoms with Crippen LogP contribution in [0.25, 0.3) is 27.8 Å². The summed E-state index contributed by atoms with van der Waals surface area (Å²) in [5.74, 6) is -0.360. The zero-order valence-electron chi connectivity index (χ0n) is 18.1. The molecule has 0 aliphatic carbocycles. The maximum atomic E-state index is 12.5. The first-order valence-electron chi connectivity index (χ1n) is 10.3. The number of rotatable bonds is 6. The highest BCUT2D eigenvalue weighted by Gasteiger charge is 2.16. The summed E-state index contributed by atoms with van der Waals surface area (Å²) in [5, 5.41) is 14.2. The topological polar surface area (TPSA) is 85.1 Å². The number of nitrogens with zero attached hydrogens (tertiary/aromatic N) is 2. The van der Waals surface area contributed by atoms with E-state index >= 15 is 0 Å². The molecular weight excluding hydrogens is 434 g/mol. The van der Waals surface area contributed by atoms with Crippen LogP contribution in [0.1, 0.15) is 16.7 Å². The average molecular weight is 456 g/mol. The minimum atomic E-state index is -0.466. The van der Waals surface area contributed by atoms with Gasteiger partial charge in [-0.25, -0.2) is 4.98 Å². The molecule has 4 aromatic rings. The number of amides is 1. The molecule has 0 radical (unpaired) electrons. The molecule has 7 heteroatoms. The lowest BCUT2D eigenvalue weighted by atomic mass is 10.0. The molecule has 0 atom stereocenters. The first-order chi connectivity index (χ1) is 15.9. The van der Waals surface area contributed by atoms with Crippen molar-refractivity contribution in [2.75, 3.05) is 5.32 Å². The number of benzene rings is 3. The van der Waals surface area contributed by atoms with Crippen LogP contribution in [-0.4, -0.2) is 15.8 Å². The fourth-order valence-electron chi connectivity index (χ4n) is 3.24. The van der Waals surface area contributed by atoms with Crippen LogP contribution >= 0.6 is 11.3 Å². The number of nitro benzene ring substituents is 1. The van der Waals surface area contributed by atoms with Gasteiger partial charge in [-0.05, 0) is 31.1 Å². The standard InChI is InChI=1S/C26H21N3O3S/c1-17-6-11-20(12-7-17)24-25(21-13-8-18(2)9-14-21)33-26(28-24)27-23(30)15-10-19-4-3-5-22(16-19)29(31)32/h3-16H,1-2H3,(H,27,28,30). The van der Waals surface area contributed by atoms with Crippen LogP contribution in [0.2, 0.25) is 0 Å². The van der Waals surface area contributed by atoms with Crippen molar-refractivity contribution in [3.63, 3.8) is 0 Å². The van der Waals surface area contributed by atoms with Gasteiger partial charge in [0.1, 0.15) is 0 Å². The molecule has 3 aromatic carbocycles. The second-order valence-corrected chi connectivity index (χ2v) is 8.60. The van der Waals surface area contributed by atoms with Crippen LogP contribution in [0, 0.1) is 24.0 Å². The van der Waals surface area contributed by atoms with Crippen molar-refractivity contribution in [2.24, 2.45) is 0 Å². The highest BCUT2D eigenvalue weighted by atomic mass is 32.1. The second kappa shape index (κ2) is 9.58. The summed E-state index contributed by atoms with van der Waals surface area (Å²) in [6.07, 6.45) is 2.88. The number of aromatic nitrogens is 1. The van der Waals surface area contributed by atoms with Crippen molar-refractivity contribution in [3.05, 3.63) is 106 Å². The van der Waals surface area contributed by atoms with Crippen LogP contribution in [-0.2, 0) is 4.79 Å². The molecule has 1 heterocycles. The van der Waals surface area contributed by atoms with Gasteiger partial charge >= 0.3 is 0 Å². The van der Waals surface area contributed by atoms with Gasteiger partial charge in [-0.15, -0.1) is 0 Å². The Morgan fingerprint density at radius 2 is 1.61 bits per heavy atom. The maximum Gasteiger partial charge on any atom is 0.270 e. The van der Waals surface area contributed by atoms with Crippen molar-refractivity contribution < 1.29 is 9.72 Å². The summed E-state index contributed by atoms with van der Waals surface area (Å²) in [5.41, 5.74) is 5.68. The summed E-state index contributed by atoms with van der Waals surface area (Å²) in [4.78, 5) is 28.7. The molecule has 0 unspecified atom stereocenters. The Kier molecular flexibility index (Phi) is 6.42. The van der Waals surface area contributed by atoms with E-state index in [-0.39, 0.29) is 11.6 Å². The lowest BCUT2D eigenvalue weighted by Crippen LogP contribution is -2.07. The number of carbonyl (C=O) groups excluding carboxylic acids is 1. The number of carbonyl (C=O) groups is 1. The first-order valence-corrected chi connectivity index (χ1v) is 11.1. The molecule has 164 valence electrons. The van der Waals surface area contributed by atoms with Gasteiger partial charge in [0.15, 0.2) is 5.13 Å². The van der Waals surface area contributed by atoms with Gasteiger partial charge in [-0.3, -0.25) is 20.2 Å². The van der Waals surface area contributed by atoms with Crippen molar-refractivity contribution >= 4 is 34.1 Å². The summed E-state index contributed by atoms with van der Waals surface area (Å²) < 4.78 is 0. The average Bonchev–Trinajstić information content (AvgIpc) is 3.22. The number of aryl methyl sites for hydroxylation is 2. The molecule has 33 heavy (non-hydrogen) atoms. The minimum Gasteiger partial charge on any atom is -0.298 e. The third-order valence-electron chi connectivity index (χ3n) is 5.00. The fraction of sp³-hybridized carbons (Fsp3) is 0.0769. The molecule has 0 aliphatic heterocycles. The van der Waals surface area contributed by atoms with Crippen LogP contribution in [0.4, 0.5) is 10.8 Å². The molecule has 0 saturated heterocycles. The lowest BCUT2D eigenvalue weighted by Gasteiger charge is -2.04. The number of thiazole rings is 1. The van der Waals surface area contributed by atoms with E-state index in [1.165, 1.54) is 41.2 Å². The molecule has 1 N–H and O–H groups in total. The molecule has 0 bridgehead atoms. The number of non-ortho nitro benzene ring substituents is 1. The van der Waals surface area contributed by atoms with Crippen molar-refractivity contribution in [1.82, 2.24) is 4.98 Å². The molecule has 0 spiro atoms. The summed E-state index contributed by atoms with van der Waals surface area (Å²) in [6, 6.07) is 22.4. The Bertz CT molecular complexity index is 1280. The molecule has 1 aromatic heterocycles. The Morgan fingerprint density at radius 3 is 2.24 bits per heavy atom. The van der Waals surface area contributed by atoms with E-state index in [2.05, 4.69) is 5.32 Å². The molecular formula is C26H21N3O3S. The number of nitro groups is 1. The van der Waals surface area contributed by atoms with Gasteiger partial charge < -0.3 is 0 Å². The van der Waals surface area contributed by atoms with Gasteiger partial charge in [0.05, 0.1) is 15.5 Å². The monoisotopic (exact) mass is 455 g/mol. The third kappa shape index (κ3) is 5.39. The van der Waals surface area contributed by atoms with E-state index in [1.807, 2.05) is 62.4 Å². The number of anilines is 1. The van der Waals surface area contributed by atoms with E-state index in [9.17, 15) is 14.9 Å².